The van der Waals surface area contributed by atoms with Crippen LogP contribution in [0.2, 0.25) is 0 Å². The number of hydrogen-bond donors (Lipinski definition) is 0. The number of methoxy groups -OCH3 is 1. The maximum Gasteiger partial charge on any atom is 0.294 e. The van der Waals surface area contributed by atoms with Crippen molar-refractivity contribution in [2.75, 3.05) is 46.6 Å². The second kappa shape index (κ2) is 9.64. The highest BCUT2D eigenvalue weighted by Crippen LogP contribution is 2.39. The summed E-state index contributed by atoms with van der Waals surface area (Å²) in [5.41, 5.74) is 0.669. The van der Waals surface area contributed by atoms with Gasteiger partial charge in [-0.2, -0.15) is 0 Å². The van der Waals surface area contributed by atoms with E-state index < -0.39 is 11.1 Å². The van der Waals surface area contributed by atoms with E-state index in [1.54, 1.807) is 23.1 Å². The minimum absolute atomic E-state index is 0.253. The first-order valence-corrected chi connectivity index (χ1v) is 10.7. The van der Waals surface area contributed by atoms with Gasteiger partial charge in [0.2, 0.25) is 5.91 Å². The number of thioether (sulfide) groups is 1. The number of ether oxygens (including phenoxy) is 3. The first-order valence-electron chi connectivity index (χ1n) is 9.05. The van der Waals surface area contributed by atoms with E-state index in [1.165, 1.54) is 7.11 Å². The Morgan fingerprint density at radius 2 is 2.03 bits per heavy atom. The largest absolute Gasteiger partial charge is 0.493 e. The van der Waals surface area contributed by atoms with Gasteiger partial charge in [-0.05, 0) is 58.4 Å². The second-order valence-corrected chi connectivity index (χ2v) is 8.08. The second-order valence-electron chi connectivity index (χ2n) is 6.23. The van der Waals surface area contributed by atoms with Gasteiger partial charge in [-0.3, -0.25) is 19.3 Å². The van der Waals surface area contributed by atoms with E-state index in [2.05, 4.69) is 15.9 Å². The molecule has 1 aromatic rings. The van der Waals surface area contributed by atoms with Gasteiger partial charge in [0.25, 0.3) is 11.1 Å². The zero-order chi connectivity index (χ0) is 21.0. The Balaban J connectivity index is 1.77. The minimum atomic E-state index is -0.481. The molecular weight excluding hydrogens is 464 g/mol. The molecule has 3 amide bonds. The van der Waals surface area contributed by atoms with Crippen molar-refractivity contribution in [2.24, 2.45) is 0 Å². The number of carbonyl (C=O) groups excluding carboxylic acids is 3. The Morgan fingerprint density at radius 1 is 1.31 bits per heavy atom. The molecule has 0 N–H and O–H groups in total. The minimum Gasteiger partial charge on any atom is -0.493 e. The van der Waals surface area contributed by atoms with Gasteiger partial charge < -0.3 is 19.1 Å². The molecule has 29 heavy (non-hydrogen) atoms. The number of amides is 3. The summed E-state index contributed by atoms with van der Waals surface area (Å²) in [6, 6.07) is 3.50. The van der Waals surface area contributed by atoms with Gasteiger partial charge in [0.05, 0.1) is 36.3 Å². The fourth-order valence-electron chi connectivity index (χ4n) is 2.94. The van der Waals surface area contributed by atoms with Gasteiger partial charge in [0.15, 0.2) is 11.5 Å². The summed E-state index contributed by atoms with van der Waals surface area (Å²) in [6.45, 7) is 3.93. The summed E-state index contributed by atoms with van der Waals surface area (Å²) in [5, 5.41) is -0.458. The third kappa shape index (κ3) is 4.93. The van der Waals surface area contributed by atoms with E-state index >= 15 is 0 Å². The molecule has 8 nitrogen and oxygen atoms in total. The number of imide groups is 1. The van der Waals surface area contributed by atoms with Gasteiger partial charge in [0.1, 0.15) is 6.54 Å². The number of benzene rings is 1. The molecule has 2 saturated heterocycles. The van der Waals surface area contributed by atoms with E-state index in [-0.39, 0.29) is 17.4 Å². The maximum atomic E-state index is 12.7. The van der Waals surface area contributed by atoms with E-state index in [4.69, 9.17) is 14.2 Å². The quantitative estimate of drug-likeness (QED) is 0.573. The van der Waals surface area contributed by atoms with Gasteiger partial charge in [-0.25, -0.2) is 0 Å². The lowest BCUT2D eigenvalue weighted by Crippen LogP contribution is -2.46. The predicted octanol–water partition coefficient (Wildman–Crippen LogP) is 2.75. The van der Waals surface area contributed by atoms with Crippen LogP contribution >= 0.6 is 27.7 Å². The fraction of sp³-hybridized carbons (Fsp3) is 0.421. The monoisotopic (exact) mass is 484 g/mol. The topological polar surface area (TPSA) is 85.4 Å². The zero-order valence-corrected chi connectivity index (χ0v) is 18.5. The molecule has 0 radical (unpaired) electrons. The number of rotatable bonds is 6. The highest BCUT2D eigenvalue weighted by molar-refractivity contribution is 9.10. The van der Waals surface area contributed by atoms with Crippen molar-refractivity contribution in [1.82, 2.24) is 9.80 Å². The van der Waals surface area contributed by atoms with E-state index in [0.717, 1.165) is 16.7 Å². The van der Waals surface area contributed by atoms with Crippen molar-refractivity contribution < 1.29 is 28.6 Å². The van der Waals surface area contributed by atoms with Crippen LogP contribution in [0.5, 0.6) is 11.5 Å². The van der Waals surface area contributed by atoms with E-state index in [0.29, 0.717) is 54.4 Å². The molecule has 1 aromatic carbocycles. The SMILES string of the molecule is CCOc1c(Br)cc(/C=C2\SC(=O)N(CC(=O)N3CCOCC3)C2=O)cc1OC. The number of hydrogen-bond acceptors (Lipinski definition) is 7. The van der Waals surface area contributed by atoms with Crippen LogP contribution < -0.4 is 9.47 Å². The lowest BCUT2D eigenvalue weighted by molar-refractivity contribution is -0.139. The summed E-state index contributed by atoms with van der Waals surface area (Å²) in [6.07, 6.45) is 1.60. The summed E-state index contributed by atoms with van der Waals surface area (Å²) in [4.78, 5) is 40.2. The van der Waals surface area contributed by atoms with Crippen LogP contribution in [0.1, 0.15) is 12.5 Å². The first kappa shape index (κ1) is 21.7. The van der Waals surface area contributed by atoms with Crippen molar-refractivity contribution in [1.29, 1.82) is 0 Å². The van der Waals surface area contributed by atoms with Crippen molar-refractivity contribution in [3.63, 3.8) is 0 Å². The molecule has 2 heterocycles. The highest BCUT2D eigenvalue weighted by Gasteiger charge is 2.37. The molecule has 0 atom stereocenters. The summed E-state index contributed by atoms with van der Waals surface area (Å²) < 4.78 is 16.8. The Labute approximate surface area is 181 Å². The van der Waals surface area contributed by atoms with Crippen LogP contribution in [0.3, 0.4) is 0 Å². The standard InChI is InChI=1S/C19H21BrN2O6S/c1-3-28-17-13(20)8-12(9-14(17)26-2)10-15-18(24)22(19(25)29-15)11-16(23)21-4-6-27-7-5-21/h8-10H,3-7,11H2,1-2H3/b15-10-. The van der Waals surface area contributed by atoms with Crippen molar-refractivity contribution in [3.05, 3.63) is 27.1 Å². The Bertz CT molecular complexity index is 853. The lowest BCUT2D eigenvalue weighted by Gasteiger charge is -2.28. The van der Waals surface area contributed by atoms with Crippen molar-refractivity contribution in [3.8, 4) is 11.5 Å². The predicted molar refractivity (Wildman–Crippen MR) is 112 cm³/mol. The number of nitrogens with zero attached hydrogens (tertiary/aromatic N) is 2. The van der Waals surface area contributed by atoms with Crippen LogP contribution in [0.15, 0.2) is 21.5 Å². The number of carbonyl (C=O) groups is 3. The third-order valence-electron chi connectivity index (χ3n) is 4.37. The lowest BCUT2D eigenvalue weighted by atomic mass is 10.2. The van der Waals surface area contributed by atoms with Crippen molar-refractivity contribution >= 4 is 50.8 Å². The maximum absolute atomic E-state index is 12.7. The Hall–Kier alpha value is -2.04. The fourth-order valence-corrected chi connectivity index (χ4v) is 4.36. The van der Waals surface area contributed by atoms with Gasteiger partial charge >= 0.3 is 0 Å². The van der Waals surface area contributed by atoms with Crippen molar-refractivity contribution in [2.45, 2.75) is 6.92 Å². The average Bonchev–Trinajstić information content (AvgIpc) is 2.97. The Morgan fingerprint density at radius 3 is 2.69 bits per heavy atom. The van der Waals surface area contributed by atoms with E-state index in [9.17, 15) is 14.4 Å². The molecular formula is C19H21BrN2O6S. The third-order valence-corrected chi connectivity index (χ3v) is 5.87. The first-order chi connectivity index (χ1) is 13.9. The van der Waals surface area contributed by atoms with Crippen LogP contribution in [-0.2, 0) is 14.3 Å². The summed E-state index contributed by atoms with van der Waals surface area (Å²) in [7, 11) is 1.53. The molecule has 0 aliphatic carbocycles. The number of halogens is 1. The molecule has 3 rings (SSSR count). The van der Waals surface area contributed by atoms with Crippen LogP contribution in [0.4, 0.5) is 4.79 Å². The molecule has 156 valence electrons. The Kier molecular flexibility index (Phi) is 7.20. The van der Waals surface area contributed by atoms with Crippen LogP contribution in [-0.4, -0.2) is 73.4 Å². The molecule has 0 unspecified atom stereocenters. The zero-order valence-electron chi connectivity index (χ0n) is 16.1. The molecule has 0 bridgehead atoms. The molecule has 0 saturated carbocycles. The summed E-state index contributed by atoms with van der Waals surface area (Å²) >= 11 is 4.26. The molecule has 0 spiro atoms. The van der Waals surface area contributed by atoms with Gasteiger partial charge in [0, 0.05) is 13.1 Å². The molecule has 2 fully saturated rings. The van der Waals surface area contributed by atoms with Gasteiger partial charge in [-0.1, -0.05) is 0 Å². The highest BCUT2D eigenvalue weighted by atomic mass is 79.9. The van der Waals surface area contributed by atoms with Crippen LogP contribution in [0, 0.1) is 0 Å². The molecule has 2 aliphatic heterocycles. The molecule has 10 heteroatoms. The smallest absolute Gasteiger partial charge is 0.294 e. The van der Waals surface area contributed by atoms with E-state index in [1.807, 2.05) is 6.92 Å². The molecule has 2 aliphatic rings. The van der Waals surface area contributed by atoms with Gasteiger partial charge in [-0.15, -0.1) is 0 Å². The average molecular weight is 485 g/mol. The summed E-state index contributed by atoms with van der Waals surface area (Å²) in [5.74, 6) is 0.332. The van der Waals surface area contributed by atoms with Crippen LogP contribution in [0.25, 0.3) is 6.08 Å². The molecule has 0 aromatic heterocycles. The normalized spacial score (nSPS) is 18.5. The number of morpholine rings is 1.